The van der Waals surface area contributed by atoms with Gasteiger partial charge in [-0.05, 0) is 50.6 Å². The molecule has 1 aromatic carbocycles. The zero-order valence-electron chi connectivity index (χ0n) is 14.4. The summed E-state index contributed by atoms with van der Waals surface area (Å²) in [5, 5.41) is 11.6. The molecular weight excluding hydrogens is 326 g/mol. The largest absolute Gasteiger partial charge is 0.490 e. The Hall–Kier alpha value is -2.96. The second kappa shape index (κ2) is 8.23. The van der Waals surface area contributed by atoms with Crippen LogP contribution in [0.1, 0.15) is 53.5 Å². The van der Waals surface area contributed by atoms with Crippen molar-refractivity contribution in [1.82, 2.24) is 5.32 Å². The van der Waals surface area contributed by atoms with Gasteiger partial charge in [0.05, 0.1) is 19.3 Å². The van der Waals surface area contributed by atoms with Crippen molar-refractivity contribution in [3.8, 4) is 11.5 Å². The van der Waals surface area contributed by atoms with Crippen LogP contribution in [0.3, 0.4) is 0 Å². The molecule has 7 heteroatoms. The smallest absolute Gasteiger partial charge is 0.371 e. The van der Waals surface area contributed by atoms with Crippen LogP contribution < -0.4 is 14.8 Å². The number of rotatable bonds is 8. The molecule has 1 atom stereocenters. The molecule has 134 valence electrons. The molecule has 2 rings (SSSR count). The van der Waals surface area contributed by atoms with Crippen molar-refractivity contribution in [2.75, 3.05) is 13.2 Å². The van der Waals surface area contributed by atoms with E-state index in [0.717, 1.165) is 5.56 Å². The maximum Gasteiger partial charge on any atom is 0.371 e. The fourth-order valence-corrected chi connectivity index (χ4v) is 2.26. The van der Waals surface area contributed by atoms with Gasteiger partial charge < -0.3 is 24.3 Å². The monoisotopic (exact) mass is 347 g/mol. The molecule has 0 spiro atoms. The third-order valence-electron chi connectivity index (χ3n) is 3.46. The van der Waals surface area contributed by atoms with Gasteiger partial charge in [0.25, 0.3) is 5.91 Å². The zero-order valence-corrected chi connectivity index (χ0v) is 14.4. The first-order chi connectivity index (χ1) is 12.0. The summed E-state index contributed by atoms with van der Waals surface area (Å²) in [4.78, 5) is 23.0. The lowest BCUT2D eigenvalue weighted by molar-refractivity contribution is 0.0659. The van der Waals surface area contributed by atoms with Crippen LogP contribution in [0.15, 0.2) is 34.7 Å². The Balaban J connectivity index is 2.13. The average molecular weight is 347 g/mol. The molecule has 7 nitrogen and oxygen atoms in total. The number of nitrogens with one attached hydrogen (secondary N) is 1. The minimum absolute atomic E-state index is 0.0554. The number of hydrogen-bond acceptors (Lipinski definition) is 5. The summed E-state index contributed by atoms with van der Waals surface area (Å²) in [6.07, 6.45) is 0. The Morgan fingerprint density at radius 3 is 2.32 bits per heavy atom. The second-order valence-electron chi connectivity index (χ2n) is 5.24. The number of hydrogen-bond donors (Lipinski definition) is 2. The number of carbonyl (C=O) groups is 2. The Kier molecular flexibility index (Phi) is 6.05. The summed E-state index contributed by atoms with van der Waals surface area (Å²) < 4.78 is 16.1. The first-order valence-electron chi connectivity index (χ1n) is 7.99. The molecule has 0 aliphatic carbocycles. The van der Waals surface area contributed by atoms with Crippen LogP contribution in [-0.2, 0) is 0 Å². The zero-order chi connectivity index (χ0) is 18.4. The number of furan rings is 1. The molecular formula is C18H21NO6. The fourth-order valence-electron chi connectivity index (χ4n) is 2.26. The lowest BCUT2D eigenvalue weighted by Crippen LogP contribution is -2.26. The van der Waals surface area contributed by atoms with Crippen LogP contribution in [0.4, 0.5) is 0 Å². The van der Waals surface area contributed by atoms with Gasteiger partial charge in [-0.25, -0.2) is 4.79 Å². The summed E-state index contributed by atoms with van der Waals surface area (Å²) in [5.74, 6) is -0.803. The summed E-state index contributed by atoms with van der Waals surface area (Å²) in [5.41, 5.74) is 0.824. The van der Waals surface area contributed by atoms with Crippen LogP contribution in [0, 0.1) is 0 Å². The topological polar surface area (TPSA) is 98.0 Å². The Morgan fingerprint density at radius 1 is 1.08 bits per heavy atom. The van der Waals surface area contributed by atoms with Crippen molar-refractivity contribution in [3.63, 3.8) is 0 Å². The lowest BCUT2D eigenvalue weighted by atomic mass is 10.1. The molecule has 2 N–H and O–H groups in total. The normalized spacial score (nSPS) is 11.6. The number of ether oxygens (including phenoxy) is 2. The van der Waals surface area contributed by atoms with Gasteiger partial charge in [0.2, 0.25) is 5.76 Å². The number of benzene rings is 1. The predicted molar refractivity (Wildman–Crippen MR) is 90.3 cm³/mol. The van der Waals surface area contributed by atoms with Crippen LogP contribution in [0.5, 0.6) is 11.5 Å². The number of amides is 1. The molecule has 0 radical (unpaired) electrons. The van der Waals surface area contributed by atoms with Gasteiger partial charge in [0.1, 0.15) is 0 Å². The standard InChI is InChI=1S/C18H21NO6/c1-4-23-13-7-6-12(10-16(13)24-5-2)11(3)19-17(20)14-8-9-15(25-14)18(21)22/h6-11H,4-5H2,1-3H3,(H,19,20)(H,21,22). The van der Waals surface area contributed by atoms with Crippen molar-refractivity contribution in [2.45, 2.75) is 26.8 Å². The summed E-state index contributed by atoms with van der Waals surface area (Å²) >= 11 is 0. The maximum absolute atomic E-state index is 12.2. The highest BCUT2D eigenvalue weighted by molar-refractivity contribution is 5.93. The van der Waals surface area contributed by atoms with E-state index in [9.17, 15) is 9.59 Å². The van der Waals surface area contributed by atoms with E-state index in [2.05, 4.69) is 5.32 Å². The number of carboxylic acid groups (broad SMARTS) is 1. The van der Waals surface area contributed by atoms with E-state index in [1.807, 2.05) is 32.9 Å². The number of aromatic carboxylic acids is 1. The molecule has 1 unspecified atom stereocenters. The molecule has 0 saturated carbocycles. The van der Waals surface area contributed by atoms with Crippen molar-refractivity contribution in [1.29, 1.82) is 0 Å². The van der Waals surface area contributed by atoms with Crippen LogP contribution in [0.25, 0.3) is 0 Å². The minimum Gasteiger partial charge on any atom is -0.490 e. The van der Waals surface area contributed by atoms with Gasteiger partial charge in [0, 0.05) is 0 Å². The van der Waals surface area contributed by atoms with Crippen molar-refractivity contribution < 1.29 is 28.6 Å². The molecule has 25 heavy (non-hydrogen) atoms. The van der Waals surface area contributed by atoms with Crippen molar-refractivity contribution in [3.05, 3.63) is 47.4 Å². The van der Waals surface area contributed by atoms with Gasteiger partial charge >= 0.3 is 5.97 Å². The molecule has 1 heterocycles. The van der Waals surface area contributed by atoms with Crippen LogP contribution in [0.2, 0.25) is 0 Å². The Labute approximate surface area is 145 Å². The molecule has 2 aromatic rings. The highest BCUT2D eigenvalue weighted by Crippen LogP contribution is 2.30. The van der Waals surface area contributed by atoms with E-state index >= 15 is 0 Å². The van der Waals surface area contributed by atoms with E-state index in [0.29, 0.717) is 24.7 Å². The third kappa shape index (κ3) is 4.53. The minimum atomic E-state index is -1.22. The van der Waals surface area contributed by atoms with E-state index in [1.165, 1.54) is 12.1 Å². The summed E-state index contributed by atoms with van der Waals surface area (Å²) in [7, 11) is 0. The highest BCUT2D eigenvalue weighted by Gasteiger charge is 2.18. The Bertz CT molecular complexity index is 752. The average Bonchev–Trinajstić information content (AvgIpc) is 3.07. The SMILES string of the molecule is CCOc1ccc(C(C)NC(=O)c2ccc(C(=O)O)o2)cc1OCC. The summed E-state index contributed by atoms with van der Waals surface area (Å²) in [6, 6.07) is 7.68. The van der Waals surface area contributed by atoms with Crippen LogP contribution in [-0.4, -0.2) is 30.2 Å². The van der Waals surface area contributed by atoms with E-state index < -0.39 is 11.9 Å². The highest BCUT2D eigenvalue weighted by atomic mass is 16.5. The van der Waals surface area contributed by atoms with Gasteiger partial charge in [-0.2, -0.15) is 0 Å². The van der Waals surface area contributed by atoms with Crippen molar-refractivity contribution >= 4 is 11.9 Å². The molecule has 0 fully saturated rings. The molecule has 0 aliphatic rings. The van der Waals surface area contributed by atoms with Gasteiger partial charge in [-0.3, -0.25) is 4.79 Å². The van der Waals surface area contributed by atoms with E-state index in [4.69, 9.17) is 19.0 Å². The molecule has 1 aromatic heterocycles. The number of carbonyl (C=O) groups excluding carboxylic acids is 1. The fraction of sp³-hybridized carbons (Fsp3) is 0.333. The van der Waals surface area contributed by atoms with E-state index in [-0.39, 0.29) is 17.6 Å². The molecule has 0 saturated heterocycles. The second-order valence-corrected chi connectivity index (χ2v) is 5.24. The van der Waals surface area contributed by atoms with E-state index in [1.54, 1.807) is 6.07 Å². The Morgan fingerprint density at radius 2 is 1.72 bits per heavy atom. The molecule has 1 amide bonds. The molecule has 0 bridgehead atoms. The maximum atomic E-state index is 12.2. The molecule has 0 aliphatic heterocycles. The first kappa shape index (κ1) is 18.4. The predicted octanol–water partition coefficient (Wildman–Crippen LogP) is 3.27. The van der Waals surface area contributed by atoms with Crippen LogP contribution >= 0.6 is 0 Å². The van der Waals surface area contributed by atoms with Gasteiger partial charge in [-0.15, -0.1) is 0 Å². The lowest BCUT2D eigenvalue weighted by Gasteiger charge is -2.17. The van der Waals surface area contributed by atoms with Crippen molar-refractivity contribution in [2.24, 2.45) is 0 Å². The number of carboxylic acids is 1. The summed E-state index contributed by atoms with van der Waals surface area (Å²) in [6.45, 7) is 6.60. The third-order valence-corrected chi connectivity index (χ3v) is 3.46. The quantitative estimate of drug-likeness (QED) is 0.760. The van der Waals surface area contributed by atoms with Gasteiger partial charge in [-0.1, -0.05) is 6.07 Å². The van der Waals surface area contributed by atoms with Gasteiger partial charge in [0.15, 0.2) is 17.3 Å². The first-order valence-corrected chi connectivity index (χ1v) is 7.99.